The smallest absolute Gasteiger partial charge is 0.200 e. The highest BCUT2D eigenvalue weighted by Gasteiger charge is 2.33. The molecule has 17 heteroatoms. The van der Waals surface area contributed by atoms with E-state index in [4.69, 9.17) is 11.5 Å². The van der Waals surface area contributed by atoms with Crippen molar-refractivity contribution in [3.8, 4) is 0 Å². The minimum Gasteiger partial charge on any atom is -0.399 e. The van der Waals surface area contributed by atoms with Gasteiger partial charge in [-0.15, -0.1) is 0 Å². The number of hydrogen-bond donors (Lipinski definition) is 3. The second-order valence-electron chi connectivity index (χ2n) is 13.2. The van der Waals surface area contributed by atoms with E-state index >= 15 is 0 Å². The summed E-state index contributed by atoms with van der Waals surface area (Å²) in [6.07, 6.45) is 6.08. The van der Waals surface area contributed by atoms with Crippen molar-refractivity contribution in [3.63, 3.8) is 0 Å². The first kappa shape index (κ1) is 40.1. The van der Waals surface area contributed by atoms with Crippen LogP contribution in [0.5, 0.6) is 0 Å². The zero-order chi connectivity index (χ0) is 41.9. The molecule has 1 unspecified atom stereocenters. The van der Waals surface area contributed by atoms with Crippen molar-refractivity contribution in [2.75, 3.05) is 16.0 Å². The van der Waals surface area contributed by atoms with E-state index < -0.39 is 73.5 Å². The highest BCUT2D eigenvalue weighted by molar-refractivity contribution is 8.00. The number of nitrogen functional groups attached to an aromatic ring is 1. The lowest BCUT2D eigenvalue weighted by molar-refractivity contribution is 0.361. The van der Waals surface area contributed by atoms with Crippen LogP contribution in [0, 0.1) is 58.2 Å². The topological polar surface area (TPSA) is 67.3 Å². The number of nitrogens with zero attached hydrogens (tertiary/aromatic N) is 1. The zero-order valence-corrected chi connectivity index (χ0v) is 32.1. The Morgan fingerprint density at radius 1 is 0.559 bits per heavy atom. The van der Waals surface area contributed by atoms with Crippen LogP contribution in [0.15, 0.2) is 138 Å². The van der Waals surface area contributed by atoms with Gasteiger partial charge in [-0.3, -0.25) is 0 Å². The van der Waals surface area contributed by atoms with Crippen LogP contribution in [0.4, 0.5) is 72.3 Å². The summed E-state index contributed by atoms with van der Waals surface area (Å²) in [6, 6.07) is 23.3. The second kappa shape index (κ2) is 15.5. The third kappa shape index (κ3) is 7.24. The number of nitrogens with one attached hydrogen (secondary N) is 1. The summed E-state index contributed by atoms with van der Waals surface area (Å²) in [6.45, 7) is 0. The maximum Gasteiger partial charge on any atom is 0.200 e. The molecule has 0 amide bonds. The van der Waals surface area contributed by atoms with Crippen LogP contribution in [0.2, 0.25) is 0 Å². The van der Waals surface area contributed by atoms with Gasteiger partial charge < -0.3 is 21.7 Å². The lowest BCUT2D eigenvalue weighted by atomic mass is 9.83. The lowest BCUT2D eigenvalue weighted by Crippen LogP contribution is -2.34. The van der Waals surface area contributed by atoms with Crippen LogP contribution in [-0.2, 0) is 5.54 Å². The number of rotatable bonds is 8. The molecular weight excluding hydrogens is 847 g/mol. The molecule has 1 atom stereocenters. The Labute approximate surface area is 342 Å². The molecule has 0 bridgehead atoms. The fourth-order valence-corrected chi connectivity index (χ4v) is 9.34. The highest BCUT2D eigenvalue weighted by Crippen LogP contribution is 2.54. The number of nitrogens with two attached hydrogens (primary N) is 2. The number of halogens is 10. The van der Waals surface area contributed by atoms with E-state index in [-0.39, 0.29) is 9.79 Å². The van der Waals surface area contributed by atoms with E-state index in [1.165, 1.54) is 36.0 Å². The molecule has 1 aliphatic heterocycles. The SMILES string of the molecule is NC1=CCC(Nc2ccc(N3c4cc(Sc5c(F)c(F)c(F)c(F)c5F)ccc4Sc4ccc(Sc5c(F)c(F)c(F)c(F)c5F)cc43)cc2)(c2ccc(N)cc2)C=C1. The molecule has 4 nitrogen and oxygen atoms in total. The molecule has 6 aromatic rings. The van der Waals surface area contributed by atoms with Gasteiger partial charge in [0, 0.05) is 42.3 Å². The molecule has 0 spiro atoms. The monoisotopic (exact) mass is 870 g/mol. The predicted octanol–water partition coefficient (Wildman–Crippen LogP) is 13.0. The van der Waals surface area contributed by atoms with Gasteiger partial charge in [-0.2, -0.15) is 0 Å². The van der Waals surface area contributed by atoms with Crippen LogP contribution in [0.3, 0.4) is 0 Å². The molecule has 0 aromatic heterocycles. The first-order valence-corrected chi connectivity index (χ1v) is 19.6. The number of benzene rings is 6. The molecule has 5 N–H and O–H groups in total. The molecule has 0 saturated carbocycles. The average Bonchev–Trinajstić information content (AvgIpc) is 3.24. The van der Waals surface area contributed by atoms with Crippen LogP contribution in [-0.4, -0.2) is 0 Å². The molecule has 8 rings (SSSR count). The quantitative estimate of drug-likeness (QED) is 0.0608. The van der Waals surface area contributed by atoms with Crippen molar-refractivity contribution >= 4 is 63.7 Å². The Balaban J connectivity index is 1.22. The molecule has 0 fully saturated rings. The van der Waals surface area contributed by atoms with Gasteiger partial charge in [0.25, 0.3) is 0 Å². The van der Waals surface area contributed by atoms with Gasteiger partial charge in [0.05, 0.1) is 26.7 Å². The molecular formula is C42H24F10N4S3. The summed E-state index contributed by atoms with van der Waals surface area (Å²) >= 11 is 1.83. The zero-order valence-electron chi connectivity index (χ0n) is 29.6. The number of hydrogen-bond acceptors (Lipinski definition) is 7. The summed E-state index contributed by atoms with van der Waals surface area (Å²) in [7, 11) is 0. The third-order valence-corrected chi connectivity index (χ3v) is 12.7. The fraction of sp³-hybridized carbons (Fsp3) is 0.0476. The highest BCUT2D eigenvalue weighted by atomic mass is 32.2. The van der Waals surface area contributed by atoms with Gasteiger partial charge in [0.1, 0.15) is 0 Å². The van der Waals surface area contributed by atoms with Crippen molar-refractivity contribution in [2.45, 2.75) is 41.3 Å². The normalized spacial score (nSPS) is 15.8. The minimum absolute atomic E-state index is 0.0769. The average molecular weight is 871 g/mol. The van der Waals surface area contributed by atoms with Crippen LogP contribution in [0.25, 0.3) is 0 Å². The largest absolute Gasteiger partial charge is 0.399 e. The third-order valence-electron chi connectivity index (χ3n) is 9.48. The Kier molecular flexibility index (Phi) is 10.6. The molecule has 2 aliphatic rings. The maximum absolute atomic E-state index is 14.8. The van der Waals surface area contributed by atoms with Gasteiger partial charge in [-0.25, -0.2) is 43.9 Å². The van der Waals surface area contributed by atoms with Gasteiger partial charge >= 0.3 is 0 Å². The van der Waals surface area contributed by atoms with E-state index in [1.54, 1.807) is 59.5 Å². The summed E-state index contributed by atoms with van der Waals surface area (Å²) in [5, 5.41) is 3.56. The first-order chi connectivity index (χ1) is 28.2. The molecule has 0 saturated heterocycles. The predicted molar refractivity (Wildman–Crippen MR) is 208 cm³/mol. The van der Waals surface area contributed by atoms with E-state index in [0.29, 0.717) is 73.9 Å². The number of fused-ring (bicyclic) bond motifs is 2. The minimum atomic E-state index is -2.30. The van der Waals surface area contributed by atoms with Crippen LogP contribution >= 0.6 is 35.3 Å². The molecule has 6 aromatic carbocycles. The Morgan fingerprint density at radius 3 is 1.46 bits per heavy atom. The van der Waals surface area contributed by atoms with E-state index in [2.05, 4.69) is 5.32 Å². The molecule has 1 heterocycles. The molecule has 0 radical (unpaired) electrons. The van der Waals surface area contributed by atoms with E-state index in [9.17, 15) is 43.9 Å². The van der Waals surface area contributed by atoms with Crippen LogP contribution < -0.4 is 21.7 Å². The summed E-state index contributed by atoms with van der Waals surface area (Å²) < 4.78 is 143. The number of anilines is 5. The van der Waals surface area contributed by atoms with Crippen molar-refractivity contribution < 1.29 is 43.9 Å². The van der Waals surface area contributed by atoms with Crippen molar-refractivity contribution in [2.24, 2.45) is 5.73 Å². The van der Waals surface area contributed by atoms with Gasteiger partial charge in [-0.05, 0) is 90.9 Å². The fourth-order valence-electron chi connectivity index (χ4n) is 6.52. The maximum atomic E-state index is 14.8. The van der Waals surface area contributed by atoms with Crippen molar-refractivity contribution in [3.05, 3.63) is 173 Å². The van der Waals surface area contributed by atoms with E-state index in [1.807, 2.05) is 24.3 Å². The van der Waals surface area contributed by atoms with E-state index in [0.717, 1.165) is 5.56 Å². The van der Waals surface area contributed by atoms with Crippen LogP contribution in [0.1, 0.15) is 12.0 Å². The van der Waals surface area contributed by atoms with Crippen molar-refractivity contribution in [1.29, 1.82) is 0 Å². The summed E-state index contributed by atoms with van der Waals surface area (Å²) in [4.78, 5) is 0.743. The Bertz CT molecular complexity index is 2570. The first-order valence-electron chi connectivity index (χ1n) is 17.2. The Morgan fingerprint density at radius 2 is 1.02 bits per heavy atom. The molecule has 1 aliphatic carbocycles. The lowest BCUT2D eigenvalue weighted by Gasteiger charge is -2.36. The van der Waals surface area contributed by atoms with Gasteiger partial charge in [0.2, 0.25) is 11.6 Å². The molecule has 59 heavy (non-hydrogen) atoms. The van der Waals surface area contributed by atoms with Gasteiger partial charge in [0.15, 0.2) is 46.5 Å². The van der Waals surface area contributed by atoms with Crippen molar-refractivity contribution in [1.82, 2.24) is 0 Å². The number of allylic oxidation sites excluding steroid dienone is 1. The Hall–Kier alpha value is -5.65. The standard InChI is InChI=1S/C42H24F10N4S3/c43-30-32(45)36(49)40(37(50)33(30)46)57-24-9-11-28-26(17-24)56(27-18-25(10-12-29(27)59-28)58-41-38(51)34(47)31(44)35(48)39(41)52)23-7-5-22(6-8-23)55-42(15-13-21(54)14-16-42)19-1-3-20(53)4-2-19/h1-15,17-18,55H,16,53-54H2. The molecule has 300 valence electrons. The second-order valence-corrected chi connectivity index (χ2v) is 16.5. The summed E-state index contributed by atoms with van der Waals surface area (Å²) in [5.74, 6) is -21.1. The van der Waals surface area contributed by atoms with Gasteiger partial charge in [-0.1, -0.05) is 59.6 Å². The summed E-state index contributed by atoms with van der Waals surface area (Å²) in [5.41, 5.74) is 15.2.